The van der Waals surface area contributed by atoms with E-state index in [0.29, 0.717) is 22.3 Å². The van der Waals surface area contributed by atoms with Crippen LogP contribution in [0.4, 0.5) is 0 Å². The minimum atomic E-state index is 0.209. The van der Waals surface area contributed by atoms with Crippen molar-refractivity contribution in [3.05, 3.63) is 0 Å². The average molecular weight is 253 g/mol. The Balaban J connectivity index is 2.54. The summed E-state index contributed by atoms with van der Waals surface area (Å²) in [5.74, 6) is 0.723. The summed E-state index contributed by atoms with van der Waals surface area (Å²) >= 11 is 2.36. The number of halogens is 1. The van der Waals surface area contributed by atoms with E-state index in [1.807, 2.05) is 0 Å². The second-order valence-corrected chi connectivity index (χ2v) is 4.92. The van der Waals surface area contributed by atoms with E-state index >= 15 is 0 Å². The monoisotopic (exact) mass is 253 g/mol. The van der Waals surface area contributed by atoms with Gasteiger partial charge in [0.15, 0.2) is 0 Å². The molecular formula is C7H12INO. The van der Waals surface area contributed by atoms with Crippen LogP contribution in [-0.2, 0) is 4.79 Å². The predicted molar refractivity (Wildman–Crippen MR) is 49.2 cm³/mol. The van der Waals surface area contributed by atoms with Gasteiger partial charge >= 0.3 is 0 Å². The third kappa shape index (κ3) is 1.62. The van der Waals surface area contributed by atoms with Crippen LogP contribution in [-0.4, -0.2) is 15.9 Å². The minimum absolute atomic E-state index is 0.209. The molecule has 1 heterocycles. The topological polar surface area (TPSA) is 29.1 Å². The van der Waals surface area contributed by atoms with Crippen molar-refractivity contribution in [2.75, 3.05) is 0 Å². The quantitative estimate of drug-likeness (QED) is 0.554. The molecular weight excluding hydrogens is 241 g/mol. The fourth-order valence-electron chi connectivity index (χ4n) is 1.37. The van der Waals surface area contributed by atoms with Gasteiger partial charge in [0.1, 0.15) is 0 Å². The summed E-state index contributed by atoms with van der Waals surface area (Å²) < 4.78 is 0.541. The number of carbonyl (C=O) groups excluding carboxylic acids is 1. The van der Waals surface area contributed by atoms with E-state index in [9.17, 15) is 4.79 Å². The minimum Gasteiger partial charge on any atom is -0.352 e. The van der Waals surface area contributed by atoms with Gasteiger partial charge in [-0.3, -0.25) is 4.79 Å². The molecule has 0 spiro atoms. The summed E-state index contributed by atoms with van der Waals surface area (Å²) in [6.07, 6.45) is 0.706. The molecule has 1 saturated heterocycles. The highest BCUT2D eigenvalue weighted by Crippen LogP contribution is 2.22. The molecule has 3 atom stereocenters. The lowest BCUT2D eigenvalue weighted by atomic mass is 10.0. The van der Waals surface area contributed by atoms with Crippen molar-refractivity contribution in [3.63, 3.8) is 0 Å². The van der Waals surface area contributed by atoms with E-state index in [1.54, 1.807) is 0 Å². The SMILES string of the molecule is CC(I)C1NC(=O)CC1C. The Morgan fingerprint density at radius 1 is 1.80 bits per heavy atom. The molecule has 0 aromatic rings. The smallest absolute Gasteiger partial charge is 0.220 e. The first-order chi connectivity index (χ1) is 4.61. The van der Waals surface area contributed by atoms with Gasteiger partial charge in [-0.15, -0.1) is 0 Å². The van der Waals surface area contributed by atoms with Crippen LogP contribution in [0.15, 0.2) is 0 Å². The summed E-state index contributed by atoms with van der Waals surface area (Å²) in [7, 11) is 0. The van der Waals surface area contributed by atoms with Gasteiger partial charge in [0.25, 0.3) is 0 Å². The molecule has 0 saturated carbocycles. The van der Waals surface area contributed by atoms with Crippen LogP contribution in [0.25, 0.3) is 0 Å². The van der Waals surface area contributed by atoms with E-state index in [-0.39, 0.29) is 5.91 Å². The molecule has 58 valence electrons. The fraction of sp³-hybridized carbons (Fsp3) is 0.857. The van der Waals surface area contributed by atoms with Crippen LogP contribution >= 0.6 is 22.6 Å². The van der Waals surface area contributed by atoms with Crippen molar-refractivity contribution in [3.8, 4) is 0 Å². The second kappa shape index (κ2) is 3.07. The number of alkyl halides is 1. The summed E-state index contributed by atoms with van der Waals surface area (Å²) in [6, 6.07) is 0.396. The molecule has 3 heteroatoms. The Morgan fingerprint density at radius 2 is 2.40 bits per heavy atom. The van der Waals surface area contributed by atoms with Crippen molar-refractivity contribution in [1.29, 1.82) is 0 Å². The van der Waals surface area contributed by atoms with Gasteiger partial charge in [0.2, 0.25) is 5.91 Å². The maximum Gasteiger partial charge on any atom is 0.220 e. The highest BCUT2D eigenvalue weighted by atomic mass is 127. The van der Waals surface area contributed by atoms with Crippen molar-refractivity contribution >= 4 is 28.5 Å². The molecule has 10 heavy (non-hydrogen) atoms. The van der Waals surface area contributed by atoms with Gasteiger partial charge in [-0.2, -0.15) is 0 Å². The standard InChI is InChI=1S/C7H12INO/c1-4-3-6(10)9-7(4)5(2)8/h4-5,7H,3H2,1-2H3,(H,9,10). The Kier molecular flexibility index (Phi) is 2.55. The van der Waals surface area contributed by atoms with Gasteiger partial charge in [-0.25, -0.2) is 0 Å². The molecule has 3 unspecified atom stereocenters. The van der Waals surface area contributed by atoms with E-state index < -0.39 is 0 Å². The molecule has 1 aliphatic heterocycles. The molecule has 1 aliphatic rings. The molecule has 0 radical (unpaired) electrons. The first-order valence-electron chi connectivity index (χ1n) is 3.54. The Labute approximate surface area is 74.9 Å². The number of nitrogens with one attached hydrogen (secondary N) is 1. The third-order valence-electron chi connectivity index (χ3n) is 1.94. The number of hydrogen-bond donors (Lipinski definition) is 1. The van der Waals surface area contributed by atoms with Gasteiger partial charge in [0, 0.05) is 16.4 Å². The van der Waals surface area contributed by atoms with Crippen molar-refractivity contribution < 1.29 is 4.79 Å². The molecule has 1 amide bonds. The summed E-state index contributed by atoms with van der Waals surface area (Å²) in [5.41, 5.74) is 0. The van der Waals surface area contributed by atoms with Gasteiger partial charge < -0.3 is 5.32 Å². The van der Waals surface area contributed by atoms with Crippen molar-refractivity contribution in [2.24, 2.45) is 5.92 Å². The van der Waals surface area contributed by atoms with Crippen LogP contribution in [0.1, 0.15) is 20.3 Å². The Bertz CT molecular complexity index is 147. The largest absolute Gasteiger partial charge is 0.352 e. The molecule has 0 aliphatic carbocycles. The summed E-state index contributed by atoms with van der Waals surface area (Å²) in [4.78, 5) is 10.9. The summed E-state index contributed by atoms with van der Waals surface area (Å²) in [5, 5.41) is 2.96. The molecule has 1 rings (SSSR count). The van der Waals surface area contributed by atoms with E-state index in [2.05, 4.69) is 41.8 Å². The third-order valence-corrected chi connectivity index (χ3v) is 2.72. The van der Waals surface area contributed by atoms with Gasteiger partial charge in [-0.05, 0) is 5.92 Å². The average Bonchev–Trinajstić information content (AvgIpc) is 2.10. The zero-order chi connectivity index (χ0) is 7.72. The van der Waals surface area contributed by atoms with Gasteiger partial charge in [0.05, 0.1) is 0 Å². The second-order valence-electron chi connectivity index (χ2n) is 2.95. The maximum absolute atomic E-state index is 10.9. The summed E-state index contributed by atoms with van der Waals surface area (Å²) in [6.45, 7) is 4.26. The first kappa shape index (κ1) is 8.30. The number of carbonyl (C=O) groups is 1. The molecule has 1 fully saturated rings. The molecule has 0 bridgehead atoms. The molecule has 0 aromatic carbocycles. The number of amides is 1. The highest BCUT2D eigenvalue weighted by molar-refractivity contribution is 14.1. The number of hydrogen-bond acceptors (Lipinski definition) is 1. The normalized spacial score (nSPS) is 35.7. The highest BCUT2D eigenvalue weighted by Gasteiger charge is 2.31. The Hall–Kier alpha value is 0.200. The van der Waals surface area contributed by atoms with E-state index in [4.69, 9.17) is 0 Å². The Morgan fingerprint density at radius 3 is 2.60 bits per heavy atom. The zero-order valence-electron chi connectivity index (χ0n) is 6.23. The lowest BCUT2D eigenvalue weighted by Gasteiger charge is -2.16. The van der Waals surface area contributed by atoms with Crippen molar-refractivity contribution in [1.82, 2.24) is 5.32 Å². The van der Waals surface area contributed by atoms with Crippen LogP contribution < -0.4 is 5.32 Å². The molecule has 2 nitrogen and oxygen atoms in total. The zero-order valence-corrected chi connectivity index (χ0v) is 8.38. The van der Waals surface area contributed by atoms with E-state index in [0.717, 1.165) is 0 Å². The maximum atomic E-state index is 10.9. The van der Waals surface area contributed by atoms with Gasteiger partial charge in [-0.1, -0.05) is 36.4 Å². The molecule has 1 N–H and O–H groups in total. The van der Waals surface area contributed by atoms with Crippen LogP contribution in [0.3, 0.4) is 0 Å². The fourth-order valence-corrected chi connectivity index (χ4v) is 2.26. The van der Waals surface area contributed by atoms with E-state index in [1.165, 1.54) is 0 Å². The lowest BCUT2D eigenvalue weighted by Crippen LogP contribution is -2.34. The van der Waals surface area contributed by atoms with Crippen LogP contribution in [0, 0.1) is 5.92 Å². The van der Waals surface area contributed by atoms with Crippen molar-refractivity contribution in [2.45, 2.75) is 30.2 Å². The lowest BCUT2D eigenvalue weighted by molar-refractivity contribution is -0.119. The predicted octanol–water partition coefficient (Wildman–Crippen LogP) is 1.33. The van der Waals surface area contributed by atoms with Crippen LogP contribution in [0.2, 0.25) is 0 Å². The molecule has 0 aromatic heterocycles. The number of rotatable bonds is 1. The van der Waals surface area contributed by atoms with Crippen LogP contribution in [0.5, 0.6) is 0 Å². The first-order valence-corrected chi connectivity index (χ1v) is 4.79.